The van der Waals surface area contributed by atoms with Crippen LogP contribution in [0.25, 0.3) is 0 Å². The van der Waals surface area contributed by atoms with Crippen LogP contribution in [0.5, 0.6) is 0 Å². The number of anilines is 1. The third-order valence-electron chi connectivity index (χ3n) is 3.57. The van der Waals surface area contributed by atoms with Crippen LogP contribution < -0.4 is 5.73 Å². The molecule has 106 valence electrons. The number of para-hydroxylation sites is 1. The summed E-state index contributed by atoms with van der Waals surface area (Å²) in [6, 6.07) is 7.78. The second kappa shape index (κ2) is 7.39. The van der Waals surface area contributed by atoms with Crippen LogP contribution in [0.3, 0.4) is 0 Å². The maximum atomic E-state index is 12.1. The van der Waals surface area contributed by atoms with Crippen molar-refractivity contribution in [1.29, 1.82) is 0 Å². The smallest absolute Gasteiger partial charge is 0.222 e. The molecule has 1 fully saturated rings. The maximum absolute atomic E-state index is 12.1. The Hall–Kier alpha value is -1.22. The average molecular weight is 283 g/mol. The summed E-state index contributed by atoms with van der Waals surface area (Å²) in [5, 5.41) is 0. The van der Waals surface area contributed by atoms with Crippen LogP contribution in [0.4, 0.5) is 5.69 Å². The topological polar surface area (TPSA) is 46.3 Å². The van der Waals surface area contributed by atoms with E-state index in [1.807, 2.05) is 29.2 Å². The zero-order chi connectivity index (χ0) is 13.0. The molecule has 0 saturated heterocycles. The molecule has 0 radical (unpaired) electrons. The van der Waals surface area contributed by atoms with Gasteiger partial charge in [0.2, 0.25) is 5.91 Å². The Bertz CT molecular complexity index is 418. The van der Waals surface area contributed by atoms with E-state index >= 15 is 0 Å². The summed E-state index contributed by atoms with van der Waals surface area (Å²) in [5.74, 6) is 1.02. The van der Waals surface area contributed by atoms with Gasteiger partial charge in [0, 0.05) is 25.2 Å². The van der Waals surface area contributed by atoms with Crippen LogP contribution in [-0.2, 0) is 11.2 Å². The zero-order valence-electron chi connectivity index (χ0n) is 11.5. The van der Waals surface area contributed by atoms with E-state index in [0.29, 0.717) is 6.42 Å². The molecule has 0 atom stereocenters. The molecule has 1 aromatic rings. The molecule has 1 aliphatic carbocycles. The first kappa shape index (κ1) is 15.8. The van der Waals surface area contributed by atoms with Gasteiger partial charge in [0.05, 0.1) is 0 Å². The molecule has 0 aliphatic heterocycles. The molecule has 2 rings (SSSR count). The molecule has 0 heterocycles. The van der Waals surface area contributed by atoms with E-state index in [4.69, 9.17) is 5.73 Å². The number of nitrogen functional groups attached to an aromatic ring is 1. The SMILES string of the molecule is CCN(CC1CC1)C(=O)CCc1ccccc1N.Cl. The summed E-state index contributed by atoms with van der Waals surface area (Å²) < 4.78 is 0. The first-order valence-electron chi connectivity index (χ1n) is 6.82. The second-order valence-corrected chi connectivity index (χ2v) is 5.07. The summed E-state index contributed by atoms with van der Waals surface area (Å²) in [6.07, 6.45) is 3.88. The minimum atomic E-state index is 0. The van der Waals surface area contributed by atoms with Crippen molar-refractivity contribution in [2.75, 3.05) is 18.8 Å². The van der Waals surface area contributed by atoms with Crippen molar-refractivity contribution in [2.24, 2.45) is 5.92 Å². The lowest BCUT2D eigenvalue weighted by atomic mass is 10.1. The van der Waals surface area contributed by atoms with Crippen LogP contribution in [0.15, 0.2) is 24.3 Å². The van der Waals surface area contributed by atoms with E-state index in [9.17, 15) is 4.79 Å². The van der Waals surface area contributed by atoms with Gasteiger partial charge in [-0.2, -0.15) is 0 Å². The number of nitrogens with zero attached hydrogens (tertiary/aromatic N) is 1. The molecule has 0 unspecified atom stereocenters. The third kappa shape index (κ3) is 4.75. The number of amides is 1. The third-order valence-corrected chi connectivity index (χ3v) is 3.57. The molecule has 0 aromatic heterocycles. The Morgan fingerprint density at radius 3 is 2.63 bits per heavy atom. The number of hydrogen-bond donors (Lipinski definition) is 1. The minimum absolute atomic E-state index is 0. The molecule has 3 nitrogen and oxygen atoms in total. The molecule has 1 amide bonds. The number of nitrogens with two attached hydrogens (primary N) is 1. The highest BCUT2D eigenvalue weighted by Crippen LogP contribution is 2.29. The number of hydrogen-bond acceptors (Lipinski definition) is 2. The van der Waals surface area contributed by atoms with Crippen LogP contribution in [0.2, 0.25) is 0 Å². The lowest BCUT2D eigenvalue weighted by molar-refractivity contribution is -0.131. The van der Waals surface area contributed by atoms with Gasteiger partial charge in [-0.05, 0) is 43.7 Å². The first-order chi connectivity index (χ1) is 8.70. The van der Waals surface area contributed by atoms with E-state index in [1.165, 1.54) is 12.8 Å². The fourth-order valence-electron chi connectivity index (χ4n) is 2.18. The highest BCUT2D eigenvalue weighted by atomic mass is 35.5. The average Bonchev–Trinajstić information content (AvgIpc) is 3.18. The molecule has 19 heavy (non-hydrogen) atoms. The van der Waals surface area contributed by atoms with Crippen molar-refractivity contribution in [3.63, 3.8) is 0 Å². The molecular formula is C15H23ClN2O. The Morgan fingerprint density at radius 1 is 1.37 bits per heavy atom. The lowest BCUT2D eigenvalue weighted by Crippen LogP contribution is -2.32. The predicted molar refractivity (Wildman–Crippen MR) is 81.4 cm³/mol. The van der Waals surface area contributed by atoms with Gasteiger partial charge in [-0.3, -0.25) is 4.79 Å². The van der Waals surface area contributed by atoms with Gasteiger partial charge in [-0.25, -0.2) is 0 Å². The lowest BCUT2D eigenvalue weighted by Gasteiger charge is -2.20. The summed E-state index contributed by atoms with van der Waals surface area (Å²) in [7, 11) is 0. The first-order valence-corrected chi connectivity index (χ1v) is 6.82. The summed E-state index contributed by atoms with van der Waals surface area (Å²) in [4.78, 5) is 14.1. The molecule has 4 heteroatoms. The zero-order valence-corrected chi connectivity index (χ0v) is 12.3. The molecule has 0 spiro atoms. The van der Waals surface area contributed by atoms with Crippen molar-refractivity contribution in [2.45, 2.75) is 32.6 Å². The highest BCUT2D eigenvalue weighted by molar-refractivity contribution is 5.85. The molecular weight excluding hydrogens is 260 g/mol. The van der Waals surface area contributed by atoms with Crippen molar-refractivity contribution in [3.05, 3.63) is 29.8 Å². The van der Waals surface area contributed by atoms with Crippen molar-refractivity contribution >= 4 is 24.0 Å². The van der Waals surface area contributed by atoms with Crippen molar-refractivity contribution in [3.8, 4) is 0 Å². The second-order valence-electron chi connectivity index (χ2n) is 5.07. The molecule has 1 aliphatic rings. The molecule has 0 bridgehead atoms. The van der Waals surface area contributed by atoms with Crippen LogP contribution in [0.1, 0.15) is 31.7 Å². The standard InChI is InChI=1S/C15H22N2O.ClH/c1-2-17(11-12-7-8-12)15(18)10-9-13-5-3-4-6-14(13)16;/h3-6,12H,2,7-11,16H2,1H3;1H. The summed E-state index contributed by atoms with van der Waals surface area (Å²) in [6.45, 7) is 3.82. The van der Waals surface area contributed by atoms with Crippen LogP contribution in [0, 0.1) is 5.92 Å². The molecule has 2 N–H and O–H groups in total. The number of carbonyl (C=O) groups excluding carboxylic acids is 1. The number of rotatable bonds is 6. The largest absolute Gasteiger partial charge is 0.399 e. The van der Waals surface area contributed by atoms with Crippen LogP contribution in [-0.4, -0.2) is 23.9 Å². The number of benzene rings is 1. The Balaban J connectivity index is 0.00000180. The van der Waals surface area contributed by atoms with E-state index < -0.39 is 0 Å². The van der Waals surface area contributed by atoms with Gasteiger partial charge in [-0.15, -0.1) is 12.4 Å². The predicted octanol–water partition coefficient (Wildman–Crippen LogP) is 2.88. The number of carbonyl (C=O) groups is 1. The van der Waals surface area contributed by atoms with Gasteiger partial charge in [0.1, 0.15) is 0 Å². The highest BCUT2D eigenvalue weighted by Gasteiger charge is 2.25. The number of halogens is 1. The fraction of sp³-hybridized carbons (Fsp3) is 0.533. The normalized spacial score (nSPS) is 13.7. The maximum Gasteiger partial charge on any atom is 0.222 e. The van der Waals surface area contributed by atoms with Crippen molar-refractivity contribution < 1.29 is 4.79 Å². The Kier molecular flexibility index (Phi) is 6.16. The van der Waals surface area contributed by atoms with Gasteiger partial charge in [0.15, 0.2) is 0 Å². The Morgan fingerprint density at radius 2 is 2.05 bits per heavy atom. The van der Waals surface area contributed by atoms with Gasteiger partial charge in [0.25, 0.3) is 0 Å². The van der Waals surface area contributed by atoms with E-state index in [0.717, 1.165) is 36.7 Å². The van der Waals surface area contributed by atoms with Gasteiger partial charge in [-0.1, -0.05) is 18.2 Å². The molecule has 1 saturated carbocycles. The molecule has 1 aromatic carbocycles. The fourth-order valence-corrected chi connectivity index (χ4v) is 2.18. The summed E-state index contributed by atoms with van der Waals surface area (Å²) >= 11 is 0. The van der Waals surface area contributed by atoms with Crippen molar-refractivity contribution in [1.82, 2.24) is 4.90 Å². The van der Waals surface area contributed by atoms with E-state index in [-0.39, 0.29) is 18.3 Å². The van der Waals surface area contributed by atoms with E-state index in [1.54, 1.807) is 0 Å². The monoisotopic (exact) mass is 282 g/mol. The minimum Gasteiger partial charge on any atom is -0.399 e. The quantitative estimate of drug-likeness (QED) is 0.816. The van der Waals surface area contributed by atoms with Gasteiger partial charge >= 0.3 is 0 Å². The number of aryl methyl sites for hydroxylation is 1. The van der Waals surface area contributed by atoms with Gasteiger partial charge < -0.3 is 10.6 Å². The Labute approximate surface area is 121 Å². The van der Waals surface area contributed by atoms with E-state index in [2.05, 4.69) is 6.92 Å². The van der Waals surface area contributed by atoms with Crippen LogP contribution >= 0.6 is 12.4 Å². The summed E-state index contributed by atoms with van der Waals surface area (Å²) in [5.41, 5.74) is 7.75.